The summed E-state index contributed by atoms with van der Waals surface area (Å²) in [4.78, 5) is 12.9. The number of hydrogen-bond donors (Lipinski definition) is 1. The van der Waals surface area contributed by atoms with Gasteiger partial charge in [0.05, 0.1) is 16.8 Å². The van der Waals surface area contributed by atoms with Gasteiger partial charge in [-0.1, -0.05) is 42.8 Å². The highest BCUT2D eigenvalue weighted by atomic mass is 35.5. The van der Waals surface area contributed by atoms with Crippen molar-refractivity contribution >= 4 is 27.4 Å². The molecule has 1 saturated carbocycles. The summed E-state index contributed by atoms with van der Waals surface area (Å²) in [5, 5.41) is -0.533. The minimum Gasteiger partial charge on any atom is -0.465 e. The zero-order valence-corrected chi connectivity index (χ0v) is 17.5. The molecule has 0 unspecified atom stereocenters. The second-order valence-electron chi connectivity index (χ2n) is 6.96. The standard InChI is InChI=1S/C21H24ClNO4S/c1-3-14-5-7-15(8-6-14)18-19(21(18,13-23)20(24)27-4-2)28(25,26)17-11-9-16(22)10-12-17/h5-12,18-19H,3-4,13,23H2,1-2H3/t18-,19-,21+/m0/s1. The second kappa shape index (κ2) is 7.85. The number of esters is 1. The van der Waals surface area contributed by atoms with Gasteiger partial charge in [-0.2, -0.15) is 0 Å². The van der Waals surface area contributed by atoms with E-state index in [0.29, 0.717) is 5.02 Å². The highest BCUT2D eigenvalue weighted by Gasteiger charge is 2.75. The third-order valence-electron chi connectivity index (χ3n) is 5.47. The average Bonchev–Trinajstić information content (AvgIpc) is 3.40. The molecule has 1 aliphatic carbocycles. The molecule has 3 atom stereocenters. The van der Waals surface area contributed by atoms with Crippen LogP contribution in [0.2, 0.25) is 5.02 Å². The van der Waals surface area contributed by atoms with Gasteiger partial charge in [0.2, 0.25) is 0 Å². The minimum absolute atomic E-state index is 0.108. The van der Waals surface area contributed by atoms with Crippen molar-refractivity contribution in [2.24, 2.45) is 11.1 Å². The molecule has 0 amide bonds. The van der Waals surface area contributed by atoms with Gasteiger partial charge in [0.25, 0.3) is 0 Å². The molecule has 1 aliphatic rings. The molecule has 3 rings (SSSR count). The number of sulfone groups is 1. The molecule has 1 fully saturated rings. The maximum absolute atomic E-state index is 13.4. The first-order valence-corrected chi connectivity index (χ1v) is 11.2. The van der Waals surface area contributed by atoms with Crippen LogP contribution in [0.3, 0.4) is 0 Å². The van der Waals surface area contributed by atoms with Gasteiger partial charge >= 0.3 is 5.97 Å². The van der Waals surface area contributed by atoms with Crippen LogP contribution in [-0.4, -0.2) is 32.8 Å². The summed E-state index contributed by atoms with van der Waals surface area (Å²) in [5.74, 6) is -1.12. The average molecular weight is 422 g/mol. The molecule has 0 radical (unpaired) electrons. The van der Waals surface area contributed by atoms with E-state index in [2.05, 4.69) is 0 Å². The van der Waals surface area contributed by atoms with Gasteiger partial charge in [0, 0.05) is 17.5 Å². The van der Waals surface area contributed by atoms with Crippen LogP contribution in [0.1, 0.15) is 30.9 Å². The number of carbonyl (C=O) groups is 1. The van der Waals surface area contributed by atoms with Crippen LogP contribution in [0.5, 0.6) is 0 Å². The number of ether oxygens (including phenoxy) is 1. The van der Waals surface area contributed by atoms with Crippen molar-refractivity contribution in [1.29, 1.82) is 0 Å². The van der Waals surface area contributed by atoms with Gasteiger partial charge < -0.3 is 10.5 Å². The van der Waals surface area contributed by atoms with Gasteiger partial charge in [-0.3, -0.25) is 4.79 Å². The smallest absolute Gasteiger partial charge is 0.315 e. The number of hydrogen-bond acceptors (Lipinski definition) is 5. The van der Waals surface area contributed by atoms with Crippen molar-refractivity contribution in [3.05, 3.63) is 64.7 Å². The van der Waals surface area contributed by atoms with E-state index >= 15 is 0 Å². The number of halogens is 1. The maximum atomic E-state index is 13.4. The van der Waals surface area contributed by atoms with Crippen molar-refractivity contribution < 1.29 is 17.9 Å². The molecule has 0 aromatic heterocycles. The Kier molecular flexibility index (Phi) is 5.84. The molecule has 5 nitrogen and oxygen atoms in total. The Hall–Kier alpha value is -1.89. The van der Waals surface area contributed by atoms with E-state index in [-0.39, 0.29) is 18.0 Å². The van der Waals surface area contributed by atoms with Crippen LogP contribution >= 0.6 is 11.6 Å². The summed E-state index contributed by atoms with van der Waals surface area (Å²) >= 11 is 5.90. The SMILES string of the molecule is CCOC(=O)[C@]1(CN)[C@@H](c2ccc(CC)cc2)[C@@H]1S(=O)(=O)c1ccc(Cl)cc1. The highest BCUT2D eigenvalue weighted by molar-refractivity contribution is 7.92. The molecule has 28 heavy (non-hydrogen) atoms. The summed E-state index contributed by atoms with van der Waals surface area (Å²) in [7, 11) is -3.82. The number of carbonyl (C=O) groups excluding carboxylic acids is 1. The Morgan fingerprint density at radius 2 is 1.71 bits per heavy atom. The normalized spacial score (nSPS) is 24.0. The van der Waals surface area contributed by atoms with Gasteiger partial charge in [0.1, 0.15) is 5.41 Å². The summed E-state index contributed by atoms with van der Waals surface area (Å²) in [5.41, 5.74) is 6.61. The van der Waals surface area contributed by atoms with Crippen LogP contribution in [-0.2, 0) is 25.8 Å². The van der Waals surface area contributed by atoms with E-state index in [0.717, 1.165) is 17.5 Å². The molecule has 2 aromatic carbocycles. The fourth-order valence-corrected chi connectivity index (χ4v) is 6.41. The van der Waals surface area contributed by atoms with Crippen molar-refractivity contribution in [2.75, 3.05) is 13.2 Å². The quantitative estimate of drug-likeness (QED) is 0.693. The molecule has 2 aromatic rings. The van der Waals surface area contributed by atoms with Crippen molar-refractivity contribution in [3.8, 4) is 0 Å². The Morgan fingerprint density at radius 3 is 2.21 bits per heavy atom. The highest BCUT2D eigenvalue weighted by Crippen LogP contribution is 2.64. The van der Waals surface area contributed by atoms with Gasteiger partial charge in [0.15, 0.2) is 9.84 Å². The van der Waals surface area contributed by atoms with E-state index < -0.39 is 32.4 Å². The van der Waals surface area contributed by atoms with E-state index in [1.807, 2.05) is 31.2 Å². The lowest BCUT2D eigenvalue weighted by molar-refractivity contribution is -0.149. The fraction of sp³-hybridized carbons (Fsp3) is 0.381. The molecule has 0 aliphatic heterocycles. The zero-order valence-electron chi connectivity index (χ0n) is 15.9. The molecule has 0 saturated heterocycles. The van der Waals surface area contributed by atoms with Crippen LogP contribution in [0.4, 0.5) is 0 Å². The molecule has 150 valence electrons. The molecule has 2 N–H and O–H groups in total. The Morgan fingerprint density at radius 1 is 1.11 bits per heavy atom. The molecule has 0 spiro atoms. The first kappa shape index (κ1) is 20.8. The molecule has 0 bridgehead atoms. The monoisotopic (exact) mass is 421 g/mol. The van der Waals surface area contributed by atoms with Crippen LogP contribution < -0.4 is 5.73 Å². The summed E-state index contributed by atoms with van der Waals surface area (Å²) in [6, 6.07) is 13.6. The Balaban J connectivity index is 2.09. The van der Waals surface area contributed by atoms with Gasteiger partial charge in [-0.25, -0.2) is 8.42 Å². The topological polar surface area (TPSA) is 86.5 Å². The largest absolute Gasteiger partial charge is 0.465 e. The van der Waals surface area contributed by atoms with Gasteiger partial charge in [-0.15, -0.1) is 0 Å². The second-order valence-corrected chi connectivity index (χ2v) is 9.46. The van der Waals surface area contributed by atoms with E-state index in [1.54, 1.807) is 6.92 Å². The lowest BCUT2D eigenvalue weighted by Crippen LogP contribution is -2.33. The summed E-state index contributed by atoms with van der Waals surface area (Å²) in [6.07, 6.45) is 0.872. The fourth-order valence-electron chi connectivity index (χ4n) is 3.90. The lowest BCUT2D eigenvalue weighted by atomic mass is 9.98. The first-order valence-electron chi connectivity index (χ1n) is 9.28. The van der Waals surface area contributed by atoms with E-state index in [1.165, 1.54) is 24.3 Å². The third-order valence-corrected chi connectivity index (χ3v) is 8.02. The molecular weight excluding hydrogens is 398 g/mol. The Labute approximate surface area is 170 Å². The predicted molar refractivity (Wildman–Crippen MR) is 109 cm³/mol. The zero-order chi connectivity index (χ0) is 20.5. The number of rotatable bonds is 7. The maximum Gasteiger partial charge on any atom is 0.315 e. The summed E-state index contributed by atoms with van der Waals surface area (Å²) < 4.78 is 32.0. The number of nitrogens with two attached hydrogens (primary N) is 1. The first-order chi connectivity index (χ1) is 13.3. The number of benzene rings is 2. The van der Waals surface area contributed by atoms with E-state index in [4.69, 9.17) is 22.1 Å². The van der Waals surface area contributed by atoms with Crippen molar-refractivity contribution in [2.45, 2.75) is 36.3 Å². The predicted octanol–water partition coefficient (Wildman–Crippen LogP) is 3.35. The van der Waals surface area contributed by atoms with Gasteiger partial charge in [-0.05, 0) is 48.7 Å². The van der Waals surface area contributed by atoms with Crippen molar-refractivity contribution in [3.63, 3.8) is 0 Å². The summed E-state index contributed by atoms with van der Waals surface area (Å²) in [6.45, 7) is 3.79. The van der Waals surface area contributed by atoms with Crippen molar-refractivity contribution in [1.82, 2.24) is 0 Å². The Bertz CT molecular complexity index is 957. The van der Waals surface area contributed by atoms with Crippen LogP contribution in [0.25, 0.3) is 0 Å². The minimum atomic E-state index is -3.82. The lowest BCUT2D eigenvalue weighted by Gasteiger charge is -2.14. The molecule has 0 heterocycles. The van der Waals surface area contributed by atoms with Crippen LogP contribution in [0.15, 0.2) is 53.4 Å². The number of aryl methyl sites for hydroxylation is 1. The third kappa shape index (κ3) is 3.34. The van der Waals surface area contributed by atoms with Crippen LogP contribution in [0, 0.1) is 5.41 Å². The molecular formula is C21H24ClNO4S. The molecule has 7 heteroatoms. The van der Waals surface area contributed by atoms with E-state index in [9.17, 15) is 13.2 Å².